The molecule has 4 rings (SSSR count). The van der Waals surface area contributed by atoms with Gasteiger partial charge >= 0.3 is 5.97 Å². The van der Waals surface area contributed by atoms with E-state index < -0.39 is 111 Å². The first kappa shape index (κ1) is 29.7. The predicted molar refractivity (Wildman–Crippen MR) is 139 cm³/mol. The first-order chi connectivity index (χ1) is 19.0. The summed E-state index contributed by atoms with van der Waals surface area (Å²) in [7, 11) is 2.86. The molecule has 4 unspecified atom stereocenters. The maximum Gasteiger partial charge on any atom is 0.305 e. The van der Waals surface area contributed by atoms with E-state index in [1.807, 2.05) is 0 Å². The third kappa shape index (κ3) is 4.16. The summed E-state index contributed by atoms with van der Waals surface area (Å²) in [6, 6.07) is -0.262. The van der Waals surface area contributed by atoms with Gasteiger partial charge in [0.05, 0.1) is 41.8 Å². The number of carboxylic acid groups (broad SMARTS) is 1. The Morgan fingerprint density at radius 3 is 2.29 bits per heavy atom. The van der Waals surface area contributed by atoms with Gasteiger partial charge in [0.25, 0.3) is 5.91 Å². The molecule has 2 amide bonds. The van der Waals surface area contributed by atoms with Crippen LogP contribution in [0.25, 0.3) is 0 Å². The molecule has 0 saturated carbocycles. The van der Waals surface area contributed by atoms with E-state index in [4.69, 9.17) is 16.6 Å². The molecule has 15 heteroatoms. The molecule has 1 aromatic rings. The number of primary amides is 1. The SMILES string of the molecule is CC1c2ccc(NC(=O)[C@@H](N)CC(=O)O)c(O)c2C(=O)C2=C(O)[C@]3(O)C(=O)C(C(N)=O)=C(O)[C@@H](N(C)C)C3C(O)C21. The Kier molecular flexibility index (Phi) is 7.20. The van der Waals surface area contributed by atoms with Gasteiger partial charge in [-0.3, -0.25) is 28.9 Å². The lowest BCUT2D eigenvalue weighted by atomic mass is 9.55. The van der Waals surface area contributed by atoms with Crippen molar-refractivity contribution < 1.29 is 54.6 Å². The Hall–Kier alpha value is -4.31. The van der Waals surface area contributed by atoms with Crippen LogP contribution < -0.4 is 16.8 Å². The number of benzene rings is 1. The topological polar surface area (TPSA) is 274 Å². The number of hydrogen-bond acceptors (Lipinski definition) is 12. The van der Waals surface area contributed by atoms with Gasteiger partial charge in [-0.1, -0.05) is 13.0 Å². The van der Waals surface area contributed by atoms with E-state index in [0.717, 1.165) is 0 Å². The minimum absolute atomic E-state index is 0.188. The number of carbonyl (C=O) groups is 5. The number of aliphatic hydroxyl groups excluding tert-OH is 3. The Bertz CT molecular complexity index is 1470. The molecular formula is C26H30N4O11. The lowest BCUT2D eigenvalue weighted by Crippen LogP contribution is -2.68. The summed E-state index contributed by atoms with van der Waals surface area (Å²) in [5, 5.41) is 67.6. The average Bonchev–Trinajstić information content (AvgIpc) is 2.86. The second kappa shape index (κ2) is 9.95. The fourth-order valence-electron chi connectivity index (χ4n) is 6.23. The van der Waals surface area contributed by atoms with Crippen molar-refractivity contribution in [1.82, 2.24) is 4.90 Å². The summed E-state index contributed by atoms with van der Waals surface area (Å²) in [6.45, 7) is 1.55. The number of nitrogens with two attached hydrogens (primary N) is 2. The zero-order valence-corrected chi connectivity index (χ0v) is 22.2. The summed E-state index contributed by atoms with van der Waals surface area (Å²) in [6.07, 6.45) is -2.46. The van der Waals surface area contributed by atoms with Crippen LogP contribution in [0.15, 0.2) is 34.8 Å². The molecule has 0 heterocycles. The fraction of sp³-hybridized carbons (Fsp3) is 0.423. The monoisotopic (exact) mass is 574 g/mol. The maximum absolute atomic E-state index is 13.8. The number of hydrogen-bond donors (Lipinski definition) is 9. The van der Waals surface area contributed by atoms with Gasteiger partial charge in [0.15, 0.2) is 17.1 Å². The molecule has 11 N–H and O–H groups in total. The Morgan fingerprint density at radius 2 is 1.76 bits per heavy atom. The number of ketones is 2. The van der Waals surface area contributed by atoms with E-state index >= 15 is 0 Å². The average molecular weight is 575 g/mol. The molecule has 41 heavy (non-hydrogen) atoms. The van der Waals surface area contributed by atoms with E-state index in [2.05, 4.69) is 5.32 Å². The maximum atomic E-state index is 13.8. The molecule has 0 aliphatic heterocycles. The van der Waals surface area contributed by atoms with Gasteiger partial charge in [0, 0.05) is 11.5 Å². The highest BCUT2D eigenvalue weighted by molar-refractivity contribution is 6.25. The van der Waals surface area contributed by atoms with Crippen LogP contribution in [0.2, 0.25) is 0 Å². The third-order valence-electron chi connectivity index (χ3n) is 8.12. The lowest BCUT2D eigenvalue weighted by Gasteiger charge is -2.53. The first-order valence-corrected chi connectivity index (χ1v) is 12.4. The van der Waals surface area contributed by atoms with E-state index in [9.17, 15) is 49.5 Å². The molecule has 15 nitrogen and oxygen atoms in total. The zero-order valence-electron chi connectivity index (χ0n) is 22.2. The highest BCUT2D eigenvalue weighted by atomic mass is 16.4. The quantitative estimate of drug-likeness (QED) is 0.137. The number of amides is 2. The molecule has 0 radical (unpaired) electrons. The number of nitrogens with zero attached hydrogens (tertiary/aromatic N) is 1. The van der Waals surface area contributed by atoms with E-state index in [1.165, 1.54) is 31.1 Å². The number of nitrogens with one attached hydrogen (secondary N) is 1. The van der Waals surface area contributed by atoms with Gasteiger partial charge < -0.3 is 47.4 Å². The van der Waals surface area contributed by atoms with Crippen LogP contribution in [-0.2, 0) is 19.2 Å². The number of rotatable bonds is 6. The molecule has 3 aliphatic rings. The van der Waals surface area contributed by atoms with E-state index in [0.29, 0.717) is 0 Å². The summed E-state index contributed by atoms with van der Waals surface area (Å²) < 4.78 is 0. The number of phenols is 1. The van der Waals surface area contributed by atoms with E-state index in [1.54, 1.807) is 6.92 Å². The minimum atomic E-state index is -3.06. The Labute approximate surface area is 232 Å². The third-order valence-corrected chi connectivity index (χ3v) is 8.12. The number of carbonyl (C=O) groups excluding carboxylic acids is 4. The molecule has 0 aromatic heterocycles. The molecule has 0 saturated heterocycles. The van der Waals surface area contributed by atoms with Crippen LogP contribution in [0.4, 0.5) is 5.69 Å². The molecule has 0 fully saturated rings. The molecule has 0 spiro atoms. The number of likely N-dealkylation sites (N-methyl/N-ethyl adjacent to an activating group) is 1. The second-order valence-corrected chi connectivity index (χ2v) is 10.7. The van der Waals surface area contributed by atoms with Gasteiger partial charge in [0.2, 0.25) is 11.7 Å². The van der Waals surface area contributed by atoms with Crippen LogP contribution in [0, 0.1) is 11.8 Å². The molecule has 7 atom stereocenters. The number of aromatic hydroxyl groups is 1. The number of aliphatic carboxylic acids is 1. The van der Waals surface area contributed by atoms with Crippen molar-refractivity contribution >= 4 is 35.0 Å². The number of anilines is 1. The minimum Gasteiger partial charge on any atom is -0.510 e. The summed E-state index contributed by atoms with van der Waals surface area (Å²) in [5.41, 5.74) is 5.62. The summed E-state index contributed by atoms with van der Waals surface area (Å²) in [5.74, 6) is -12.8. The molecule has 3 aliphatic carbocycles. The van der Waals surface area contributed by atoms with Crippen LogP contribution in [-0.4, -0.2) is 103 Å². The Balaban J connectivity index is 1.90. The first-order valence-electron chi connectivity index (χ1n) is 12.4. The standard InChI is InChI=1S/C26H30N4O11/c1-7-8-4-5-10(29-25(40)9(27)6-11(31)32)18(33)13(8)19(34)14-12(7)20(35)16-17(30(2)3)21(36)15(24(28)39)23(38)26(16,41)22(14)37/h4-5,7,9,12,16-17,20,33,35-37,41H,6,27H2,1-3H3,(H2,28,39)(H,29,40)(H,31,32)/t7?,9-,12?,16?,17-,20?,26-/m0/s1. The highest BCUT2D eigenvalue weighted by Gasteiger charge is 2.67. The number of carboxylic acids is 1. The molecule has 220 valence electrons. The van der Waals surface area contributed by atoms with Gasteiger partial charge in [-0.25, -0.2) is 0 Å². The van der Waals surface area contributed by atoms with E-state index in [-0.39, 0.29) is 11.3 Å². The Morgan fingerprint density at radius 1 is 1.15 bits per heavy atom. The highest BCUT2D eigenvalue weighted by Crippen LogP contribution is 2.56. The smallest absolute Gasteiger partial charge is 0.305 e. The fourth-order valence-corrected chi connectivity index (χ4v) is 6.23. The zero-order chi connectivity index (χ0) is 30.9. The van der Waals surface area contributed by atoms with Crippen molar-refractivity contribution in [2.75, 3.05) is 19.4 Å². The second-order valence-electron chi connectivity index (χ2n) is 10.7. The van der Waals surface area contributed by atoms with Crippen LogP contribution in [0.1, 0.15) is 35.2 Å². The van der Waals surface area contributed by atoms with Gasteiger partial charge in [-0.15, -0.1) is 0 Å². The predicted octanol–water partition coefficient (Wildman–Crippen LogP) is -1.61. The summed E-state index contributed by atoms with van der Waals surface area (Å²) in [4.78, 5) is 63.9. The van der Waals surface area contributed by atoms with Crippen LogP contribution in [0.5, 0.6) is 5.75 Å². The molecule has 1 aromatic carbocycles. The molecule has 0 bridgehead atoms. The van der Waals surface area contributed by atoms with Crippen LogP contribution >= 0.6 is 0 Å². The van der Waals surface area contributed by atoms with Gasteiger partial charge in [-0.2, -0.15) is 0 Å². The van der Waals surface area contributed by atoms with Crippen molar-refractivity contribution in [3.63, 3.8) is 0 Å². The summed E-state index contributed by atoms with van der Waals surface area (Å²) >= 11 is 0. The number of aliphatic hydroxyl groups is 4. The number of Topliss-reactive ketones (excluding diaryl/α,β-unsaturated/α-hetero) is 2. The number of phenolic OH excluding ortho intramolecular Hbond substituents is 1. The van der Waals surface area contributed by atoms with Crippen molar-refractivity contribution in [3.05, 3.63) is 45.9 Å². The molecular weight excluding hydrogens is 544 g/mol. The number of fused-ring (bicyclic) bond motifs is 3. The van der Waals surface area contributed by atoms with Crippen molar-refractivity contribution in [2.45, 2.75) is 43.1 Å². The van der Waals surface area contributed by atoms with Crippen LogP contribution in [0.3, 0.4) is 0 Å². The van der Waals surface area contributed by atoms with Gasteiger partial charge in [-0.05, 0) is 31.6 Å². The lowest BCUT2D eigenvalue weighted by molar-refractivity contribution is -0.162. The van der Waals surface area contributed by atoms with Crippen molar-refractivity contribution in [2.24, 2.45) is 23.3 Å². The van der Waals surface area contributed by atoms with Gasteiger partial charge in [0.1, 0.15) is 17.1 Å². The van der Waals surface area contributed by atoms with Crippen molar-refractivity contribution in [3.8, 4) is 5.75 Å². The van der Waals surface area contributed by atoms with Crippen molar-refractivity contribution in [1.29, 1.82) is 0 Å². The largest absolute Gasteiger partial charge is 0.510 e. The normalized spacial score (nSPS) is 30.0.